The lowest BCUT2D eigenvalue weighted by Crippen LogP contribution is -2.39. The fraction of sp³-hybridized carbons (Fsp3) is 0.231. The molecule has 0 spiro atoms. The van der Waals surface area contributed by atoms with Gasteiger partial charge < -0.3 is 10.6 Å². The number of nitrogens with one attached hydrogen (secondary N) is 2. The second-order valence-electron chi connectivity index (χ2n) is 8.15. The number of rotatable bonds is 7. The van der Waals surface area contributed by atoms with Crippen molar-refractivity contribution in [2.45, 2.75) is 25.3 Å². The molecule has 5 nitrogen and oxygen atoms in total. The molecule has 1 aliphatic rings. The molecule has 0 radical (unpaired) electrons. The quantitative estimate of drug-likeness (QED) is 0.456. The second kappa shape index (κ2) is 10.3. The first-order valence-corrected chi connectivity index (χ1v) is 11.6. The zero-order valence-electron chi connectivity index (χ0n) is 18.2. The van der Waals surface area contributed by atoms with Gasteiger partial charge in [0.15, 0.2) is 0 Å². The summed E-state index contributed by atoms with van der Waals surface area (Å²) in [5.41, 5.74) is 3.28. The Hall–Kier alpha value is -3.02. The number of nitrogens with zero attached hydrogens (tertiary/aromatic N) is 1. The highest BCUT2D eigenvalue weighted by Gasteiger charge is 2.27. The SMILES string of the molecule is CC(NC(=O)c1ccccc1N1CCNC1=O)C(Cc1ccc(Cl)cc1)c1ccc(Cl)cc1. The highest BCUT2D eigenvalue weighted by Crippen LogP contribution is 2.28. The number of hydrogen-bond donors (Lipinski definition) is 2. The lowest BCUT2D eigenvalue weighted by atomic mass is 9.86. The van der Waals surface area contributed by atoms with Crippen molar-refractivity contribution in [3.8, 4) is 0 Å². The largest absolute Gasteiger partial charge is 0.349 e. The fourth-order valence-electron chi connectivity index (χ4n) is 4.16. The maximum atomic E-state index is 13.3. The van der Waals surface area contributed by atoms with Crippen LogP contribution in [0.15, 0.2) is 72.8 Å². The van der Waals surface area contributed by atoms with Crippen LogP contribution in [0.5, 0.6) is 0 Å². The highest BCUT2D eigenvalue weighted by molar-refractivity contribution is 6.30. The zero-order valence-corrected chi connectivity index (χ0v) is 19.7. The van der Waals surface area contributed by atoms with Gasteiger partial charge in [-0.1, -0.05) is 59.6 Å². The van der Waals surface area contributed by atoms with Gasteiger partial charge in [-0.25, -0.2) is 4.79 Å². The van der Waals surface area contributed by atoms with E-state index in [-0.39, 0.29) is 23.9 Å². The maximum Gasteiger partial charge on any atom is 0.322 e. The maximum absolute atomic E-state index is 13.3. The van der Waals surface area contributed by atoms with Gasteiger partial charge in [-0.3, -0.25) is 9.69 Å². The number of benzene rings is 3. The Labute approximate surface area is 203 Å². The Morgan fingerprint density at radius 1 is 1.00 bits per heavy atom. The summed E-state index contributed by atoms with van der Waals surface area (Å²) in [7, 11) is 0. The molecule has 1 fully saturated rings. The number of carbonyl (C=O) groups excluding carboxylic acids is 2. The zero-order chi connectivity index (χ0) is 23.4. The van der Waals surface area contributed by atoms with Gasteiger partial charge in [-0.2, -0.15) is 0 Å². The Morgan fingerprint density at radius 3 is 2.27 bits per heavy atom. The number of anilines is 1. The van der Waals surface area contributed by atoms with Crippen molar-refractivity contribution >= 4 is 40.8 Å². The number of carbonyl (C=O) groups is 2. The van der Waals surface area contributed by atoms with E-state index in [9.17, 15) is 9.59 Å². The minimum Gasteiger partial charge on any atom is -0.349 e. The van der Waals surface area contributed by atoms with Gasteiger partial charge in [0.2, 0.25) is 0 Å². The molecule has 170 valence electrons. The molecular weight excluding hydrogens is 457 g/mol. The summed E-state index contributed by atoms with van der Waals surface area (Å²) in [5.74, 6) is -0.206. The van der Waals surface area contributed by atoms with E-state index in [1.54, 1.807) is 23.1 Å². The van der Waals surface area contributed by atoms with Crippen LogP contribution < -0.4 is 15.5 Å². The summed E-state index contributed by atoms with van der Waals surface area (Å²) in [5, 5.41) is 7.30. The van der Waals surface area contributed by atoms with Crippen molar-refractivity contribution in [1.29, 1.82) is 0 Å². The third-order valence-corrected chi connectivity index (χ3v) is 6.43. The smallest absolute Gasteiger partial charge is 0.322 e. The first kappa shape index (κ1) is 23.1. The predicted molar refractivity (Wildman–Crippen MR) is 133 cm³/mol. The summed E-state index contributed by atoms with van der Waals surface area (Å²) in [6.45, 7) is 3.09. The Bertz CT molecular complexity index is 1130. The number of para-hydroxylation sites is 1. The minimum absolute atomic E-state index is 0.00893. The van der Waals surface area contributed by atoms with E-state index in [1.165, 1.54) is 0 Å². The van der Waals surface area contributed by atoms with Gasteiger partial charge in [-0.05, 0) is 60.9 Å². The second-order valence-corrected chi connectivity index (χ2v) is 9.02. The molecule has 7 heteroatoms. The van der Waals surface area contributed by atoms with Crippen LogP contribution in [0.4, 0.5) is 10.5 Å². The monoisotopic (exact) mass is 481 g/mol. The Morgan fingerprint density at radius 2 is 1.64 bits per heavy atom. The molecule has 0 bridgehead atoms. The molecule has 0 aliphatic carbocycles. The predicted octanol–water partition coefficient (Wildman–Crippen LogP) is 5.67. The van der Waals surface area contributed by atoms with Crippen LogP contribution in [-0.4, -0.2) is 31.1 Å². The van der Waals surface area contributed by atoms with Crippen LogP contribution >= 0.6 is 23.2 Å². The molecule has 2 unspecified atom stereocenters. The third kappa shape index (κ3) is 5.49. The molecule has 2 atom stereocenters. The molecular formula is C26H25Cl2N3O2. The van der Waals surface area contributed by atoms with E-state index in [0.29, 0.717) is 34.4 Å². The van der Waals surface area contributed by atoms with Crippen LogP contribution in [0.2, 0.25) is 10.0 Å². The van der Waals surface area contributed by atoms with Crippen molar-refractivity contribution in [3.63, 3.8) is 0 Å². The van der Waals surface area contributed by atoms with Crippen LogP contribution in [0.1, 0.15) is 34.3 Å². The van der Waals surface area contributed by atoms with E-state index in [0.717, 1.165) is 17.5 Å². The lowest BCUT2D eigenvalue weighted by molar-refractivity contribution is 0.0935. The van der Waals surface area contributed by atoms with Gasteiger partial charge in [0.05, 0.1) is 11.3 Å². The molecule has 3 aromatic carbocycles. The van der Waals surface area contributed by atoms with Crippen LogP contribution in [0.3, 0.4) is 0 Å². The first-order chi connectivity index (χ1) is 15.9. The summed E-state index contributed by atoms with van der Waals surface area (Å²) in [6.07, 6.45) is 0.719. The average molecular weight is 482 g/mol. The van der Waals surface area contributed by atoms with E-state index >= 15 is 0 Å². The molecule has 0 aromatic heterocycles. The fourth-order valence-corrected chi connectivity index (χ4v) is 4.41. The number of urea groups is 1. The van der Waals surface area contributed by atoms with Crippen LogP contribution in [0, 0.1) is 0 Å². The standard InChI is InChI=1S/C26H25Cl2N3O2/c1-17(30-25(32)22-4-2-3-5-24(22)31-15-14-29-26(31)33)23(19-8-12-21(28)13-9-19)16-18-6-10-20(27)11-7-18/h2-13,17,23H,14-16H2,1H3,(H,29,33)(H,30,32). The van der Waals surface area contributed by atoms with Crippen LogP contribution in [-0.2, 0) is 6.42 Å². The molecule has 3 aromatic rings. The molecule has 33 heavy (non-hydrogen) atoms. The molecule has 4 rings (SSSR count). The van der Waals surface area contributed by atoms with Crippen molar-refractivity contribution in [2.75, 3.05) is 18.0 Å². The van der Waals surface area contributed by atoms with E-state index in [4.69, 9.17) is 23.2 Å². The molecule has 1 heterocycles. The summed E-state index contributed by atoms with van der Waals surface area (Å²) < 4.78 is 0. The molecule has 0 saturated carbocycles. The normalized spacial score (nSPS) is 15.1. The first-order valence-electron chi connectivity index (χ1n) is 10.9. The van der Waals surface area contributed by atoms with E-state index < -0.39 is 0 Å². The summed E-state index contributed by atoms with van der Waals surface area (Å²) in [4.78, 5) is 27.1. The lowest BCUT2D eigenvalue weighted by Gasteiger charge is -2.27. The summed E-state index contributed by atoms with van der Waals surface area (Å²) >= 11 is 12.2. The van der Waals surface area contributed by atoms with Crippen molar-refractivity contribution < 1.29 is 9.59 Å². The van der Waals surface area contributed by atoms with Crippen molar-refractivity contribution in [2.24, 2.45) is 0 Å². The molecule has 1 saturated heterocycles. The number of amides is 3. The topological polar surface area (TPSA) is 61.4 Å². The van der Waals surface area contributed by atoms with Gasteiger partial charge in [-0.15, -0.1) is 0 Å². The average Bonchev–Trinajstić information content (AvgIpc) is 3.25. The highest BCUT2D eigenvalue weighted by atomic mass is 35.5. The van der Waals surface area contributed by atoms with Gasteiger partial charge in [0.1, 0.15) is 0 Å². The molecule has 3 amide bonds. The van der Waals surface area contributed by atoms with Gasteiger partial charge in [0, 0.05) is 35.1 Å². The van der Waals surface area contributed by atoms with E-state index in [1.807, 2.05) is 61.5 Å². The summed E-state index contributed by atoms with van der Waals surface area (Å²) in [6, 6.07) is 22.3. The Balaban J connectivity index is 1.58. The third-order valence-electron chi connectivity index (χ3n) is 5.93. The Kier molecular flexibility index (Phi) is 7.21. The minimum atomic E-state index is -0.215. The number of hydrogen-bond acceptors (Lipinski definition) is 2. The molecule has 2 N–H and O–H groups in total. The van der Waals surface area contributed by atoms with Crippen molar-refractivity contribution in [3.05, 3.63) is 99.5 Å². The molecule has 1 aliphatic heterocycles. The van der Waals surface area contributed by atoms with E-state index in [2.05, 4.69) is 10.6 Å². The number of halogens is 2. The van der Waals surface area contributed by atoms with Gasteiger partial charge >= 0.3 is 6.03 Å². The van der Waals surface area contributed by atoms with Gasteiger partial charge in [0.25, 0.3) is 5.91 Å². The van der Waals surface area contributed by atoms with Crippen molar-refractivity contribution in [1.82, 2.24) is 10.6 Å². The van der Waals surface area contributed by atoms with Crippen LogP contribution in [0.25, 0.3) is 0 Å².